The number of carbonyl (C=O) groups excluding carboxylic acids is 2. The summed E-state index contributed by atoms with van der Waals surface area (Å²) < 4.78 is 59.7. The van der Waals surface area contributed by atoms with E-state index in [-0.39, 0.29) is 31.8 Å². The number of rotatable bonds is 5. The highest BCUT2D eigenvalue weighted by Gasteiger charge is 2.45. The fraction of sp³-hybridized carbons (Fsp3) is 0.500. The molecule has 2 aromatic rings. The largest absolute Gasteiger partial charge is 0.493 e. The van der Waals surface area contributed by atoms with Gasteiger partial charge in [0.2, 0.25) is 11.8 Å². The number of amides is 2. The molecule has 11 heteroatoms. The maximum Gasteiger partial charge on any atom is 0.416 e. The molecule has 1 saturated carbocycles. The first-order valence-corrected chi connectivity index (χ1v) is 13.1. The van der Waals surface area contributed by atoms with Gasteiger partial charge >= 0.3 is 6.18 Å². The van der Waals surface area contributed by atoms with Crippen molar-refractivity contribution in [2.45, 2.75) is 68.8 Å². The number of carbonyl (C=O) groups is 2. The van der Waals surface area contributed by atoms with Crippen LogP contribution in [0.5, 0.6) is 5.75 Å². The molecule has 7 nitrogen and oxygen atoms in total. The van der Waals surface area contributed by atoms with Crippen molar-refractivity contribution in [3.05, 3.63) is 65.0 Å². The van der Waals surface area contributed by atoms with E-state index in [1.807, 2.05) is 0 Å². The van der Waals surface area contributed by atoms with Gasteiger partial charge in [0, 0.05) is 24.6 Å². The Hall–Kier alpha value is -3.18. The lowest BCUT2D eigenvalue weighted by atomic mass is 9.98. The molecule has 0 radical (unpaired) electrons. The first-order chi connectivity index (χ1) is 18.5. The summed E-state index contributed by atoms with van der Waals surface area (Å²) in [7, 11) is 0. The first kappa shape index (κ1) is 28.8. The van der Waals surface area contributed by atoms with E-state index in [2.05, 4.69) is 16.0 Å². The number of aliphatic hydroxyl groups excluding tert-OH is 1. The summed E-state index contributed by atoms with van der Waals surface area (Å²) in [5, 5.41) is 19.5. The van der Waals surface area contributed by atoms with E-state index in [9.17, 15) is 32.3 Å². The van der Waals surface area contributed by atoms with Gasteiger partial charge in [0.15, 0.2) is 0 Å². The number of alkyl halides is 3. The third kappa shape index (κ3) is 8.15. The van der Waals surface area contributed by atoms with Crippen LogP contribution < -0.4 is 20.7 Å². The van der Waals surface area contributed by atoms with Crippen molar-refractivity contribution < 1.29 is 37.0 Å². The van der Waals surface area contributed by atoms with Gasteiger partial charge in [-0.25, -0.2) is 4.39 Å². The molecule has 212 valence electrons. The van der Waals surface area contributed by atoms with Crippen molar-refractivity contribution in [3.63, 3.8) is 0 Å². The monoisotopic (exact) mass is 551 g/mol. The maximum atomic E-state index is 14.3. The second-order valence-electron chi connectivity index (χ2n) is 10.2. The molecule has 39 heavy (non-hydrogen) atoms. The molecule has 0 aromatic heterocycles. The van der Waals surface area contributed by atoms with Crippen molar-refractivity contribution in [2.75, 3.05) is 19.7 Å². The molecule has 2 aromatic carbocycles. The van der Waals surface area contributed by atoms with E-state index in [1.54, 1.807) is 12.1 Å². The average molecular weight is 552 g/mol. The van der Waals surface area contributed by atoms with E-state index in [0.717, 1.165) is 18.6 Å². The summed E-state index contributed by atoms with van der Waals surface area (Å²) in [6.45, 7) is 0.0439. The molecule has 2 bridgehead atoms. The Balaban J connectivity index is 1.49. The molecule has 1 heterocycles. The number of fused-ring (bicyclic) bond motifs is 2. The highest BCUT2D eigenvalue weighted by Crippen LogP contribution is 2.46. The Labute approximate surface area is 224 Å². The fourth-order valence-corrected chi connectivity index (χ4v) is 4.77. The van der Waals surface area contributed by atoms with Gasteiger partial charge < -0.3 is 25.8 Å². The van der Waals surface area contributed by atoms with Crippen LogP contribution in [0.15, 0.2) is 42.5 Å². The quantitative estimate of drug-likeness (QED) is 0.426. The molecule has 2 amide bonds. The lowest BCUT2D eigenvalue weighted by Crippen LogP contribution is -2.52. The molecule has 2 atom stereocenters. The lowest BCUT2D eigenvalue weighted by molar-refractivity contribution is -0.137. The first-order valence-electron chi connectivity index (χ1n) is 13.1. The summed E-state index contributed by atoms with van der Waals surface area (Å²) in [5.41, 5.74) is -0.492. The van der Waals surface area contributed by atoms with E-state index in [4.69, 9.17) is 4.74 Å². The van der Waals surface area contributed by atoms with Gasteiger partial charge in [-0.3, -0.25) is 9.59 Å². The van der Waals surface area contributed by atoms with Crippen molar-refractivity contribution >= 4 is 11.8 Å². The van der Waals surface area contributed by atoms with Gasteiger partial charge in [-0.2, -0.15) is 13.2 Å². The van der Waals surface area contributed by atoms with Gasteiger partial charge in [0.25, 0.3) is 0 Å². The summed E-state index contributed by atoms with van der Waals surface area (Å²) in [6.07, 6.45) is -2.10. The third-order valence-corrected chi connectivity index (χ3v) is 7.10. The minimum absolute atomic E-state index is 0.0355. The fourth-order valence-electron chi connectivity index (χ4n) is 4.77. The van der Waals surface area contributed by atoms with Crippen molar-refractivity contribution in [3.8, 4) is 5.75 Å². The summed E-state index contributed by atoms with van der Waals surface area (Å²) in [6, 6.07) is 8.43. The second-order valence-corrected chi connectivity index (χ2v) is 10.2. The number of halogens is 4. The Morgan fingerprint density at radius 1 is 1.08 bits per heavy atom. The highest BCUT2D eigenvalue weighted by atomic mass is 19.4. The zero-order valence-electron chi connectivity index (χ0n) is 21.5. The average Bonchev–Trinajstić information content (AvgIpc) is 3.68. The van der Waals surface area contributed by atoms with Gasteiger partial charge in [-0.1, -0.05) is 12.1 Å². The number of aliphatic hydroxyl groups is 1. The Morgan fingerprint density at radius 2 is 1.87 bits per heavy atom. The van der Waals surface area contributed by atoms with Crippen LogP contribution in [0.3, 0.4) is 0 Å². The van der Waals surface area contributed by atoms with Gasteiger partial charge in [0.05, 0.1) is 30.9 Å². The normalized spacial score (nSPS) is 21.3. The molecule has 1 aliphatic heterocycles. The van der Waals surface area contributed by atoms with Crippen LogP contribution >= 0.6 is 0 Å². The standard InChI is InChI=1S/C28H33F4N3O4/c29-21-11-18-12-22(15-21)39-10-3-1-2-7-25(37)33-17-26(38)35-23(13-18)24(36)16-34-27(8-9-27)19-5-4-6-20(14-19)28(30,31)32/h4-6,11-12,14-15,23-24,34,36H,1-3,7-10,13,16-17H2,(H,33,37)(H,35,38). The van der Waals surface area contributed by atoms with Crippen LogP contribution in [0, 0.1) is 5.82 Å². The van der Waals surface area contributed by atoms with Gasteiger partial charge in [-0.05, 0) is 73.9 Å². The molecule has 0 saturated heterocycles. The minimum atomic E-state index is -4.47. The van der Waals surface area contributed by atoms with Crippen molar-refractivity contribution in [1.82, 2.24) is 16.0 Å². The smallest absolute Gasteiger partial charge is 0.416 e. The Bertz CT molecular complexity index is 1170. The van der Waals surface area contributed by atoms with E-state index >= 15 is 0 Å². The third-order valence-electron chi connectivity index (χ3n) is 7.10. The van der Waals surface area contributed by atoms with E-state index in [0.29, 0.717) is 49.2 Å². The van der Waals surface area contributed by atoms with Gasteiger partial charge in [-0.15, -0.1) is 0 Å². The van der Waals surface area contributed by atoms with Crippen LogP contribution in [-0.4, -0.2) is 48.8 Å². The topological polar surface area (TPSA) is 99.7 Å². The zero-order valence-corrected chi connectivity index (χ0v) is 21.5. The number of hydrogen-bond acceptors (Lipinski definition) is 5. The minimum Gasteiger partial charge on any atom is -0.493 e. The molecular weight excluding hydrogens is 518 g/mol. The van der Waals surface area contributed by atoms with Crippen LogP contribution in [0.25, 0.3) is 0 Å². The number of hydrogen-bond donors (Lipinski definition) is 4. The van der Waals surface area contributed by atoms with Crippen LogP contribution in [0.2, 0.25) is 0 Å². The molecule has 2 unspecified atom stereocenters. The van der Waals surface area contributed by atoms with Crippen LogP contribution in [0.4, 0.5) is 17.6 Å². The Morgan fingerprint density at radius 3 is 2.62 bits per heavy atom. The molecule has 4 rings (SSSR count). The number of benzene rings is 2. The summed E-state index contributed by atoms with van der Waals surface area (Å²) >= 11 is 0. The second kappa shape index (κ2) is 12.3. The van der Waals surface area contributed by atoms with Gasteiger partial charge in [0.1, 0.15) is 11.6 Å². The molecular formula is C28H33F4N3O4. The Kier molecular flexibility index (Phi) is 9.12. The SMILES string of the molecule is O=C1CCCCCOc2cc(F)cc(c2)CC(C(O)CNC2(c3cccc(C(F)(F)F)c3)CC2)NC(=O)CN1. The zero-order chi connectivity index (χ0) is 28.0. The molecule has 4 N–H and O–H groups in total. The van der Waals surface area contributed by atoms with Crippen molar-refractivity contribution in [2.24, 2.45) is 0 Å². The summed E-state index contributed by atoms with van der Waals surface area (Å²) in [5.74, 6) is -0.976. The molecule has 2 aliphatic rings. The van der Waals surface area contributed by atoms with Crippen molar-refractivity contribution in [1.29, 1.82) is 0 Å². The van der Waals surface area contributed by atoms with Crippen LogP contribution in [-0.2, 0) is 27.7 Å². The predicted octanol–water partition coefficient (Wildman–Crippen LogP) is 3.58. The van der Waals surface area contributed by atoms with E-state index < -0.39 is 41.1 Å². The summed E-state index contributed by atoms with van der Waals surface area (Å²) in [4.78, 5) is 24.7. The number of ether oxygens (including phenoxy) is 1. The lowest BCUT2D eigenvalue weighted by Gasteiger charge is -2.28. The highest BCUT2D eigenvalue weighted by molar-refractivity contribution is 5.84. The van der Waals surface area contributed by atoms with E-state index in [1.165, 1.54) is 18.2 Å². The maximum absolute atomic E-state index is 14.3. The molecule has 1 aliphatic carbocycles. The molecule has 1 fully saturated rings. The van der Waals surface area contributed by atoms with Crippen LogP contribution in [0.1, 0.15) is 55.2 Å². The molecule has 0 spiro atoms. The predicted molar refractivity (Wildman–Crippen MR) is 135 cm³/mol. The number of nitrogens with one attached hydrogen (secondary N) is 3.